The number of anilines is 2. The maximum atomic E-state index is 13.0. The van der Waals surface area contributed by atoms with E-state index in [1.165, 1.54) is 16.9 Å². The molecule has 1 aromatic heterocycles. The summed E-state index contributed by atoms with van der Waals surface area (Å²) in [4.78, 5) is 31.7. The Morgan fingerprint density at radius 1 is 1.09 bits per heavy atom. The number of para-hydroxylation sites is 1. The van der Waals surface area contributed by atoms with Crippen LogP contribution in [0.3, 0.4) is 0 Å². The minimum atomic E-state index is -0.273. The highest BCUT2D eigenvalue weighted by molar-refractivity contribution is 7.09. The quantitative estimate of drug-likeness (QED) is 0.451. The number of carbonyl (C=O) groups is 2. The van der Waals surface area contributed by atoms with Crippen molar-refractivity contribution in [3.05, 3.63) is 75.2 Å². The van der Waals surface area contributed by atoms with Gasteiger partial charge in [0.05, 0.1) is 13.2 Å². The average Bonchev–Trinajstić information content (AvgIpc) is 3.28. The molecule has 0 saturated carbocycles. The molecule has 0 bridgehead atoms. The van der Waals surface area contributed by atoms with E-state index >= 15 is 0 Å². The lowest BCUT2D eigenvalue weighted by Gasteiger charge is -2.22. The minimum absolute atomic E-state index is 0.232. The molecule has 0 atom stereocenters. The van der Waals surface area contributed by atoms with Gasteiger partial charge in [0.2, 0.25) is 0 Å². The molecule has 174 valence electrons. The summed E-state index contributed by atoms with van der Waals surface area (Å²) in [5, 5.41) is 8.27. The Kier molecular flexibility index (Phi) is 8.57. The lowest BCUT2D eigenvalue weighted by Crippen LogP contribution is -2.37. The number of urea groups is 1. The molecule has 0 radical (unpaired) electrons. The summed E-state index contributed by atoms with van der Waals surface area (Å²) < 4.78 is 5.18. The van der Waals surface area contributed by atoms with Crippen molar-refractivity contribution in [1.82, 2.24) is 9.88 Å². The molecule has 3 rings (SSSR count). The second kappa shape index (κ2) is 11.6. The third-order valence-corrected chi connectivity index (χ3v) is 6.20. The Labute approximate surface area is 198 Å². The smallest absolute Gasteiger partial charge is 0.322 e. The number of hydrogen-bond acceptors (Lipinski definition) is 5. The first-order valence-corrected chi connectivity index (χ1v) is 11.7. The monoisotopic (exact) mass is 466 g/mol. The van der Waals surface area contributed by atoms with Crippen LogP contribution in [-0.2, 0) is 17.7 Å². The summed E-state index contributed by atoms with van der Waals surface area (Å²) in [6.07, 6.45) is 0.819. The number of thiazole rings is 1. The number of aromatic nitrogens is 1. The molecule has 2 aromatic carbocycles. The van der Waals surface area contributed by atoms with Gasteiger partial charge < -0.3 is 20.3 Å². The molecule has 0 aliphatic heterocycles. The SMILES string of the molecule is CCc1ccccc1NC(=O)N(CCOC)Cc1nc(C(=O)Nc2ccc(C)c(C)c2)cs1. The van der Waals surface area contributed by atoms with E-state index in [9.17, 15) is 9.59 Å². The molecule has 2 N–H and O–H groups in total. The van der Waals surface area contributed by atoms with Crippen molar-refractivity contribution in [2.24, 2.45) is 0 Å². The number of nitrogens with zero attached hydrogens (tertiary/aromatic N) is 2. The van der Waals surface area contributed by atoms with Crippen LogP contribution in [0.15, 0.2) is 47.8 Å². The van der Waals surface area contributed by atoms with E-state index in [-0.39, 0.29) is 18.5 Å². The number of amides is 3. The molecule has 0 fully saturated rings. The third-order valence-electron chi connectivity index (χ3n) is 5.37. The van der Waals surface area contributed by atoms with Gasteiger partial charge in [-0.1, -0.05) is 31.2 Å². The van der Waals surface area contributed by atoms with Crippen molar-refractivity contribution in [3.63, 3.8) is 0 Å². The Morgan fingerprint density at radius 3 is 2.61 bits per heavy atom. The van der Waals surface area contributed by atoms with Gasteiger partial charge in [0.15, 0.2) is 0 Å². The number of hydrogen-bond donors (Lipinski definition) is 2. The first-order chi connectivity index (χ1) is 15.9. The molecule has 0 aliphatic rings. The number of carbonyl (C=O) groups excluding carboxylic acids is 2. The number of aryl methyl sites for hydroxylation is 3. The van der Waals surface area contributed by atoms with Gasteiger partial charge in [-0.3, -0.25) is 4.79 Å². The van der Waals surface area contributed by atoms with Crippen LogP contribution >= 0.6 is 11.3 Å². The highest BCUT2D eigenvalue weighted by Gasteiger charge is 2.18. The van der Waals surface area contributed by atoms with Crippen LogP contribution < -0.4 is 10.6 Å². The number of ether oxygens (including phenoxy) is 1. The Hall–Kier alpha value is -3.23. The number of methoxy groups -OCH3 is 1. The molecule has 7 nitrogen and oxygen atoms in total. The standard InChI is InChI=1S/C25H30N4O3S/c1-5-19-8-6-7-9-21(19)28-25(31)29(12-13-32-4)15-23-27-22(16-33-23)24(30)26-20-11-10-17(2)18(3)14-20/h6-11,14,16H,5,12-13,15H2,1-4H3,(H,26,30)(H,28,31). The van der Waals surface area contributed by atoms with Crippen LogP contribution in [-0.4, -0.2) is 42.1 Å². The van der Waals surface area contributed by atoms with Gasteiger partial charge in [0.1, 0.15) is 10.7 Å². The lowest BCUT2D eigenvalue weighted by molar-refractivity contribution is 0.102. The minimum Gasteiger partial charge on any atom is -0.383 e. The van der Waals surface area contributed by atoms with Gasteiger partial charge in [0, 0.05) is 30.4 Å². The summed E-state index contributed by atoms with van der Waals surface area (Å²) in [6, 6.07) is 13.3. The van der Waals surface area contributed by atoms with Crippen molar-refractivity contribution in [3.8, 4) is 0 Å². The highest BCUT2D eigenvalue weighted by Crippen LogP contribution is 2.19. The highest BCUT2D eigenvalue weighted by atomic mass is 32.1. The van der Waals surface area contributed by atoms with Gasteiger partial charge in [-0.15, -0.1) is 11.3 Å². The zero-order valence-electron chi connectivity index (χ0n) is 19.5. The molecule has 33 heavy (non-hydrogen) atoms. The van der Waals surface area contributed by atoms with E-state index in [2.05, 4.69) is 15.6 Å². The number of nitrogens with one attached hydrogen (secondary N) is 2. The zero-order chi connectivity index (χ0) is 23.8. The summed E-state index contributed by atoms with van der Waals surface area (Å²) in [5.74, 6) is -0.273. The third kappa shape index (κ3) is 6.63. The van der Waals surface area contributed by atoms with E-state index < -0.39 is 0 Å². The molecule has 3 aromatic rings. The summed E-state index contributed by atoms with van der Waals surface area (Å²) in [7, 11) is 1.60. The van der Waals surface area contributed by atoms with Gasteiger partial charge in [0.25, 0.3) is 5.91 Å². The summed E-state index contributed by atoms with van der Waals surface area (Å²) in [5.41, 5.74) is 5.19. The predicted molar refractivity (Wildman–Crippen MR) is 133 cm³/mol. The molecule has 3 amide bonds. The first kappa shape index (κ1) is 24.4. The second-order valence-corrected chi connectivity index (χ2v) is 8.68. The molecule has 8 heteroatoms. The van der Waals surface area contributed by atoms with E-state index in [1.54, 1.807) is 17.4 Å². The fourth-order valence-corrected chi connectivity index (χ4v) is 4.05. The van der Waals surface area contributed by atoms with E-state index in [1.807, 2.05) is 63.2 Å². The van der Waals surface area contributed by atoms with Crippen LogP contribution in [0, 0.1) is 13.8 Å². The maximum absolute atomic E-state index is 13.0. The van der Waals surface area contributed by atoms with Crippen LogP contribution in [0.1, 0.15) is 39.1 Å². The van der Waals surface area contributed by atoms with Crippen LogP contribution in [0.2, 0.25) is 0 Å². The fraction of sp³-hybridized carbons (Fsp3) is 0.320. The predicted octanol–water partition coefficient (Wildman–Crippen LogP) is 5.26. The van der Waals surface area contributed by atoms with Gasteiger partial charge in [-0.05, 0) is 55.2 Å². The van der Waals surface area contributed by atoms with Crippen molar-refractivity contribution in [2.45, 2.75) is 33.7 Å². The molecule has 0 saturated heterocycles. The summed E-state index contributed by atoms with van der Waals surface area (Å²) >= 11 is 1.35. The molecule has 0 aliphatic carbocycles. The van der Waals surface area contributed by atoms with Crippen molar-refractivity contribution < 1.29 is 14.3 Å². The molecule has 1 heterocycles. The maximum Gasteiger partial charge on any atom is 0.322 e. The average molecular weight is 467 g/mol. The van der Waals surface area contributed by atoms with Crippen molar-refractivity contribution in [2.75, 3.05) is 30.9 Å². The Balaban J connectivity index is 1.68. The molecular weight excluding hydrogens is 436 g/mol. The largest absolute Gasteiger partial charge is 0.383 e. The topological polar surface area (TPSA) is 83.6 Å². The van der Waals surface area contributed by atoms with Crippen LogP contribution in [0.5, 0.6) is 0 Å². The van der Waals surface area contributed by atoms with E-state index in [4.69, 9.17) is 4.74 Å². The number of rotatable bonds is 9. The normalized spacial score (nSPS) is 10.7. The first-order valence-electron chi connectivity index (χ1n) is 10.9. The van der Waals surface area contributed by atoms with E-state index in [0.717, 1.165) is 28.9 Å². The lowest BCUT2D eigenvalue weighted by atomic mass is 10.1. The van der Waals surface area contributed by atoms with Crippen molar-refractivity contribution in [1.29, 1.82) is 0 Å². The van der Waals surface area contributed by atoms with Crippen molar-refractivity contribution >= 4 is 34.6 Å². The van der Waals surface area contributed by atoms with Crippen LogP contribution in [0.4, 0.5) is 16.2 Å². The van der Waals surface area contributed by atoms with Crippen LogP contribution in [0.25, 0.3) is 0 Å². The Morgan fingerprint density at radius 2 is 1.88 bits per heavy atom. The summed E-state index contributed by atoms with van der Waals surface area (Å²) in [6.45, 7) is 7.16. The fourth-order valence-electron chi connectivity index (χ4n) is 3.26. The second-order valence-electron chi connectivity index (χ2n) is 7.73. The molecule has 0 unspecified atom stereocenters. The van der Waals surface area contributed by atoms with Gasteiger partial charge in [-0.25, -0.2) is 9.78 Å². The van der Waals surface area contributed by atoms with E-state index in [0.29, 0.717) is 23.9 Å². The number of benzene rings is 2. The zero-order valence-corrected chi connectivity index (χ0v) is 20.3. The van der Waals surface area contributed by atoms with Gasteiger partial charge in [-0.2, -0.15) is 0 Å². The van der Waals surface area contributed by atoms with Gasteiger partial charge >= 0.3 is 6.03 Å². The Bertz CT molecular complexity index is 1110. The molecular formula is C25H30N4O3S. The molecule has 0 spiro atoms.